The van der Waals surface area contributed by atoms with Crippen molar-refractivity contribution in [3.8, 4) is 0 Å². The first kappa shape index (κ1) is 13.4. The summed E-state index contributed by atoms with van der Waals surface area (Å²) in [5, 5.41) is 3.38. The Bertz CT molecular complexity index is 608. The van der Waals surface area contributed by atoms with Crippen molar-refractivity contribution in [1.29, 1.82) is 0 Å². The smallest absolute Gasteiger partial charge is 0.135 e. The first-order valence-corrected chi connectivity index (χ1v) is 8.17. The lowest BCUT2D eigenvalue weighted by Gasteiger charge is -2.10. The fraction of sp³-hybridized carbons (Fsp3) is 0.375. The molecule has 0 atom stereocenters. The van der Waals surface area contributed by atoms with Gasteiger partial charge in [0.15, 0.2) is 0 Å². The number of nitrogens with zero attached hydrogens (tertiary/aromatic N) is 2. The average molecular weight is 285 g/mol. The Morgan fingerprint density at radius 2 is 1.95 bits per heavy atom. The Morgan fingerprint density at radius 3 is 2.70 bits per heavy atom. The summed E-state index contributed by atoms with van der Waals surface area (Å²) in [5.41, 5.74) is 5.06. The van der Waals surface area contributed by atoms with E-state index in [2.05, 4.69) is 43.4 Å². The van der Waals surface area contributed by atoms with E-state index in [9.17, 15) is 0 Å². The van der Waals surface area contributed by atoms with Crippen LogP contribution in [0.1, 0.15) is 35.1 Å². The average Bonchev–Trinajstić information content (AvgIpc) is 2.90. The fourth-order valence-corrected chi connectivity index (χ4v) is 3.43. The summed E-state index contributed by atoms with van der Waals surface area (Å²) in [4.78, 5) is 9.46. The molecule has 3 rings (SSSR count). The van der Waals surface area contributed by atoms with Crippen LogP contribution in [-0.2, 0) is 17.9 Å². The predicted octanol–water partition coefficient (Wildman–Crippen LogP) is 3.55. The molecular formula is C16H19N3S. The van der Waals surface area contributed by atoms with Crippen LogP contribution in [-0.4, -0.2) is 16.5 Å². The Kier molecular flexibility index (Phi) is 3.92. The highest BCUT2D eigenvalue weighted by Gasteiger charge is 2.19. The van der Waals surface area contributed by atoms with E-state index >= 15 is 0 Å². The molecule has 0 unspecified atom stereocenters. The van der Waals surface area contributed by atoms with Gasteiger partial charge < -0.3 is 5.32 Å². The largest absolute Gasteiger partial charge is 0.370 e. The topological polar surface area (TPSA) is 37.8 Å². The number of aromatic nitrogens is 2. The van der Waals surface area contributed by atoms with Crippen molar-refractivity contribution >= 4 is 17.6 Å². The molecule has 1 aliphatic heterocycles. The summed E-state index contributed by atoms with van der Waals surface area (Å²) in [6, 6.07) is 8.61. The first-order chi connectivity index (χ1) is 9.76. The molecule has 0 radical (unpaired) electrons. The van der Waals surface area contributed by atoms with Crippen LogP contribution in [0.5, 0.6) is 0 Å². The zero-order valence-corrected chi connectivity index (χ0v) is 12.8. The van der Waals surface area contributed by atoms with E-state index in [1.807, 2.05) is 11.8 Å². The molecule has 1 aliphatic rings. The van der Waals surface area contributed by atoms with Gasteiger partial charge in [0, 0.05) is 30.0 Å². The predicted molar refractivity (Wildman–Crippen MR) is 85.2 cm³/mol. The van der Waals surface area contributed by atoms with Crippen molar-refractivity contribution in [1.82, 2.24) is 9.97 Å². The van der Waals surface area contributed by atoms with Crippen LogP contribution >= 0.6 is 11.8 Å². The summed E-state index contributed by atoms with van der Waals surface area (Å²) in [7, 11) is 0. The molecule has 0 fully saturated rings. The molecular weight excluding hydrogens is 266 g/mol. The lowest BCUT2D eigenvalue weighted by Crippen LogP contribution is -2.08. The van der Waals surface area contributed by atoms with Gasteiger partial charge in [0.25, 0.3) is 0 Å². The number of rotatable bonds is 4. The molecule has 3 nitrogen and oxygen atoms in total. The third-order valence-corrected chi connectivity index (χ3v) is 4.42. The summed E-state index contributed by atoms with van der Waals surface area (Å²) < 4.78 is 0. The molecule has 20 heavy (non-hydrogen) atoms. The van der Waals surface area contributed by atoms with Crippen molar-refractivity contribution in [2.24, 2.45) is 0 Å². The second kappa shape index (κ2) is 5.83. The highest BCUT2D eigenvalue weighted by molar-refractivity contribution is 7.98. The molecule has 0 spiro atoms. The van der Waals surface area contributed by atoms with Gasteiger partial charge in [-0.1, -0.05) is 29.8 Å². The van der Waals surface area contributed by atoms with Crippen molar-refractivity contribution in [3.05, 3.63) is 52.5 Å². The highest BCUT2D eigenvalue weighted by Crippen LogP contribution is 2.32. The SMILES string of the molecule is CCNc1nc(Cc2ccc(C)cc2)nc2c1CSC2. The highest BCUT2D eigenvalue weighted by atomic mass is 32.2. The van der Waals surface area contributed by atoms with E-state index in [4.69, 9.17) is 9.97 Å². The number of nitrogens with one attached hydrogen (secondary N) is 1. The summed E-state index contributed by atoms with van der Waals surface area (Å²) >= 11 is 1.92. The minimum Gasteiger partial charge on any atom is -0.370 e. The molecule has 4 heteroatoms. The van der Waals surface area contributed by atoms with Crippen molar-refractivity contribution < 1.29 is 0 Å². The molecule has 2 aromatic rings. The van der Waals surface area contributed by atoms with Gasteiger partial charge in [-0.05, 0) is 19.4 Å². The van der Waals surface area contributed by atoms with Crippen molar-refractivity contribution in [2.45, 2.75) is 31.8 Å². The Labute approximate surface area is 124 Å². The van der Waals surface area contributed by atoms with Gasteiger partial charge in [0.05, 0.1) is 5.69 Å². The van der Waals surface area contributed by atoms with Crippen molar-refractivity contribution in [3.63, 3.8) is 0 Å². The van der Waals surface area contributed by atoms with E-state index in [0.29, 0.717) is 0 Å². The molecule has 1 N–H and O–H groups in total. The summed E-state index contributed by atoms with van der Waals surface area (Å²) in [5.74, 6) is 4.00. The van der Waals surface area contributed by atoms with Crippen LogP contribution < -0.4 is 5.32 Å². The number of thioether (sulfide) groups is 1. The number of anilines is 1. The molecule has 0 aliphatic carbocycles. The normalized spacial score (nSPS) is 13.3. The third-order valence-electron chi connectivity index (χ3n) is 3.45. The number of hydrogen-bond donors (Lipinski definition) is 1. The van der Waals surface area contributed by atoms with Crippen LogP contribution in [0, 0.1) is 6.92 Å². The van der Waals surface area contributed by atoms with E-state index in [-0.39, 0.29) is 0 Å². The van der Waals surface area contributed by atoms with Gasteiger partial charge in [-0.15, -0.1) is 0 Å². The van der Waals surface area contributed by atoms with Gasteiger partial charge in [-0.25, -0.2) is 9.97 Å². The van der Waals surface area contributed by atoms with E-state index in [0.717, 1.165) is 36.1 Å². The molecule has 0 saturated heterocycles. The Hall–Kier alpha value is -1.55. The second-order valence-electron chi connectivity index (χ2n) is 5.10. The Balaban J connectivity index is 1.89. The number of fused-ring (bicyclic) bond motifs is 1. The minimum absolute atomic E-state index is 0.802. The van der Waals surface area contributed by atoms with Gasteiger partial charge in [0.2, 0.25) is 0 Å². The molecule has 1 aromatic carbocycles. The summed E-state index contributed by atoms with van der Waals surface area (Å²) in [6.45, 7) is 5.12. The zero-order chi connectivity index (χ0) is 13.9. The summed E-state index contributed by atoms with van der Waals surface area (Å²) in [6.07, 6.45) is 0.802. The standard InChI is InChI=1S/C16H19N3S/c1-3-17-16-13-9-20-10-14(13)18-15(19-16)8-12-6-4-11(2)5-7-12/h4-7H,3,8-10H2,1-2H3,(H,17,18,19). The molecule has 2 heterocycles. The first-order valence-electron chi connectivity index (χ1n) is 7.02. The maximum atomic E-state index is 4.74. The molecule has 104 valence electrons. The molecule has 1 aromatic heterocycles. The molecule has 0 saturated carbocycles. The van der Waals surface area contributed by atoms with Crippen LogP contribution in [0.4, 0.5) is 5.82 Å². The van der Waals surface area contributed by atoms with Gasteiger partial charge >= 0.3 is 0 Å². The number of aryl methyl sites for hydroxylation is 1. The van der Waals surface area contributed by atoms with Gasteiger partial charge in [0.1, 0.15) is 11.6 Å². The van der Waals surface area contributed by atoms with Crippen LogP contribution in [0.3, 0.4) is 0 Å². The van der Waals surface area contributed by atoms with Crippen LogP contribution in [0.15, 0.2) is 24.3 Å². The van der Waals surface area contributed by atoms with Crippen LogP contribution in [0.25, 0.3) is 0 Å². The number of benzene rings is 1. The van der Waals surface area contributed by atoms with Crippen LogP contribution in [0.2, 0.25) is 0 Å². The Morgan fingerprint density at radius 1 is 1.15 bits per heavy atom. The van der Waals surface area contributed by atoms with E-state index in [1.54, 1.807) is 0 Å². The van der Waals surface area contributed by atoms with Crippen molar-refractivity contribution in [2.75, 3.05) is 11.9 Å². The molecule has 0 bridgehead atoms. The zero-order valence-electron chi connectivity index (χ0n) is 11.9. The van der Waals surface area contributed by atoms with Gasteiger partial charge in [-0.3, -0.25) is 0 Å². The second-order valence-corrected chi connectivity index (χ2v) is 6.08. The van der Waals surface area contributed by atoms with E-state index < -0.39 is 0 Å². The van der Waals surface area contributed by atoms with Gasteiger partial charge in [-0.2, -0.15) is 11.8 Å². The lowest BCUT2D eigenvalue weighted by atomic mass is 10.1. The fourth-order valence-electron chi connectivity index (χ4n) is 2.38. The molecule has 0 amide bonds. The maximum Gasteiger partial charge on any atom is 0.135 e. The maximum absolute atomic E-state index is 4.74. The third kappa shape index (κ3) is 2.80. The van der Waals surface area contributed by atoms with E-state index in [1.165, 1.54) is 22.4 Å². The number of hydrogen-bond acceptors (Lipinski definition) is 4. The minimum atomic E-state index is 0.802. The lowest BCUT2D eigenvalue weighted by molar-refractivity contribution is 0.923. The monoisotopic (exact) mass is 285 g/mol. The quantitative estimate of drug-likeness (QED) is 0.932.